The van der Waals surface area contributed by atoms with Gasteiger partial charge in [0.1, 0.15) is 30.7 Å². The van der Waals surface area contributed by atoms with Crippen LogP contribution in [0.25, 0.3) is 0 Å². The van der Waals surface area contributed by atoms with Gasteiger partial charge in [0.15, 0.2) is 23.1 Å². The Balaban J connectivity index is 0.792. The number of rotatable bonds is 16. The second-order valence-corrected chi connectivity index (χ2v) is 16.2. The number of para-hydroxylation sites is 2. The normalized spacial score (nSPS) is 14.5. The standard InChI is InChI=1S/C47H47F5N12O5/c1-28-34(7-5-9-36(28)59-43-53-26-55-45(61-43)63-21-17-31(18-22-63)67-38-14-13-30(48)25-33(38)49)57-41(65)15-16-42(66)58-35-8-6-10-37(29(35)2)60-44-54-27-56-46(62-44)64-23-19-32(20-24-64)68-39-11-3-4-12-40(39)69-47(50,51)52/h3-14,25-27,31-32H,15-24H2,1-2H3,(H,57,65)(H,58,66)(H,53,55,59,61)(H,54,56,60,62). The molecule has 8 rings (SSSR count). The monoisotopic (exact) mass is 954 g/mol. The molecule has 2 amide bonds. The van der Waals surface area contributed by atoms with Gasteiger partial charge in [-0.25, -0.2) is 28.7 Å². The molecule has 2 aliphatic heterocycles. The van der Waals surface area contributed by atoms with Gasteiger partial charge in [0.25, 0.3) is 0 Å². The van der Waals surface area contributed by atoms with E-state index in [1.165, 1.54) is 36.9 Å². The predicted octanol–water partition coefficient (Wildman–Crippen LogP) is 8.79. The minimum absolute atomic E-state index is 0.0103. The summed E-state index contributed by atoms with van der Waals surface area (Å²) in [4.78, 5) is 56.5. The molecule has 2 aliphatic rings. The molecular formula is C47H47F5N12O5. The second kappa shape index (κ2) is 21.4. The number of carbonyl (C=O) groups excluding carboxylic acids is 2. The highest BCUT2D eigenvalue weighted by Gasteiger charge is 2.33. The highest BCUT2D eigenvalue weighted by molar-refractivity contribution is 5.98. The van der Waals surface area contributed by atoms with Crippen molar-refractivity contribution in [2.75, 3.05) is 57.2 Å². The van der Waals surface area contributed by atoms with E-state index < -0.39 is 23.7 Å². The minimum atomic E-state index is -4.84. The number of alkyl halides is 3. The van der Waals surface area contributed by atoms with E-state index in [1.54, 1.807) is 36.4 Å². The quantitative estimate of drug-likeness (QED) is 0.0672. The van der Waals surface area contributed by atoms with Crippen molar-refractivity contribution in [2.45, 2.75) is 70.9 Å². The summed E-state index contributed by atoms with van der Waals surface area (Å²) in [5.41, 5.74) is 3.74. The number of carbonyl (C=O) groups is 2. The molecule has 2 aromatic heterocycles. The van der Waals surface area contributed by atoms with Crippen LogP contribution in [0.2, 0.25) is 0 Å². The molecule has 0 aliphatic carbocycles. The molecule has 6 aromatic rings. The van der Waals surface area contributed by atoms with Crippen LogP contribution in [0.3, 0.4) is 0 Å². The van der Waals surface area contributed by atoms with Gasteiger partial charge >= 0.3 is 6.36 Å². The topological polar surface area (TPSA) is 194 Å². The number of ether oxygens (including phenoxy) is 3. The molecule has 4 heterocycles. The van der Waals surface area contributed by atoms with Gasteiger partial charge < -0.3 is 45.3 Å². The van der Waals surface area contributed by atoms with E-state index in [0.717, 1.165) is 12.1 Å². The lowest BCUT2D eigenvalue weighted by molar-refractivity contribution is -0.275. The summed E-state index contributed by atoms with van der Waals surface area (Å²) in [5, 5.41) is 12.2. The zero-order valence-electron chi connectivity index (χ0n) is 37.4. The van der Waals surface area contributed by atoms with Gasteiger partial charge in [-0.3, -0.25) is 9.59 Å². The Hall–Kier alpha value is -7.91. The first kappa shape index (κ1) is 47.6. The second-order valence-electron chi connectivity index (χ2n) is 16.2. The summed E-state index contributed by atoms with van der Waals surface area (Å²) >= 11 is 0. The largest absolute Gasteiger partial charge is 0.573 e. The van der Waals surface area contributed by atoms with Crippen molar-refractivity contribution in [3.8, 4) is 17.2 Å². The third-order valence-corrected chi connectivity index (χ3v) is 11.4. The first-order chi connectivity index (χ1) is 33.2. The Bertz CT molecular complexity index is 2770. The van der Waals surface area contributed by atoms with E-state index in [1.807, 2.05) is 29.7 Å². The lowest BCUT2D eigenvalue weighted by Crippen LogP contribution is -2.39. The van der Waals surface area contributed by atoms with Crippen LogP contribution in [0, 0.1) is 25.5 Å². The van der Waals surface area contributed by atoms with E-state index in [2.05, 4.69) is 55.9 Å². The first-order valence-electron chi connectivity index (χ1n) is 22.1. The zero-order chi connectivity index (χ0) is 48.5. The number of aromatic nitrogens is 6. The molecule has 17 nitrogen and oxygen atoms in total. The third-order valence-electron chi connectivity index (χ3n) is 11.4. The maximum absolute atomic E-state index is 14.1. The van der Waals surface area contributed by atoms with Crippen LogP contribution in [0.5, 0.6) is 17.2 Å². The van der Waals surface area contributed by atoms with Crippen molar-refractivity contribution < 1.29 is 45.8 Å². The Morgan fingerprint density at radius 1 is 0.609 bits per heavy atom. The van der Waals surface area contributed by atoms with E-state index in [4.69, 9.17) is 9.47 Å². The summed E-state index contributed by atoms with van der Waals surface area (Å²) < 4.78 is 81.9. The van der Waals surface area contributed by atoms with Crippen molar-refractivity contribution in [1.82, 2.24) is 29.9 Å². The number of anilines is 8. The Kier molecular flexibility index (Phi) is 14.7. The van der Waals surface area contributed by atoms with Crippen LogP contribution < -0.4 is 45.3 Å². The Morgan fingerprint density at radius 2 is 1.07 bits per heavy atom. The lowest BCUT2D eigenvalue weighted by atomic mass is 10.1. The fourth-order valence-electron chi connectivity index (χ4n) is 7.74. The molecule has 0 saturated carbocycles. The zero-order valence-corrected chi connectivity index (χ0v) is 37.4. The number of hydrogen-bond acceptors (Lipinski definition) is 15. The maximum atomic E-state index is 14.1. The Morgan fingerprint density at radius 3 is 1.55 bits per heavy atom. The summed E-state index contributed by atoms with van der Waals surface area (Å²) in [6.45, 7) is 5.70. The summed E-state index contributed by atoms with van der Waals surface area (Å²) in [7, 11) is 0. The highest BCUT2D eigenvalue weighted by Crippen LogP contribution is 2.35. The highest BCUT2D eigenvalue weighted by atomic mass is 19.4. The number of amides is 2. The first-order valence-corrected chi connectivity index (χ1v) is 22.1. The fraction of sp³-hybridized carbons (Fsp3) is 0.319. The van der Waals surface area contributed by atoms with E-state index in [-0.39, 0.29) is 60.3 Å². The summed E-state index contributed by atoms with van der Waals surface area (Å²) in [5.74, 6) is -1.12. The summed E-state index contributed by atoms with van der Waals surface area (Å²) in [6, 6.07) is 19.6. The molecule has 4 aromatic carbocycles. The molecule has 0 bridgehead atoms. The van der Waals surface area contributed by atoms with Gasteiger partial charge in [0.05, 0.1) is 0 Å². The van der Waals surface area contributed by atoms with E-state index in [9.17, 15) is 31.5 Å². The van der Waals surface area contributed by atoms with Crippen molar-refractivity contribution in [2.24, 2.45) is 0 Å². The van der Waals surface area contributed by atoms with Crippen LogP contribution in [0.4, 0.5) is 68.5 Å². The van der Waals surface area contributed by atoms with Crippen molar-refractivity contribution >= 4 is 58.4 Å². The number of nitrogens with one attached hydrogen (secondary N) is 4. The average Bonchev–Trinajstić information content (AvgIpc) is 3.33. The third kappa shape index (κ3) is 12.8. The van der Waals surface area contributed by atoms with Crippen LogP contribution in [0.1, 0.15) is 49.7 Å². The molecular weight excluding hydrogens is 908 g/mol. The molecule has 4 N–H and O–H groups in total. The van der Waals surface area contributed by atoms with Gasteiger partial charge in [0, 0.05) is 93.5 Å². The molecule has 2 saturated heterocycles. The molecule has 69 heavy (non-hydrogen) atoms. The number of hydrogen-bond donors (Lipinski definition) is 4. The SMILES string of the molecule is Cc1c(NC(=O)CCC(=O)Nc2cccc(Nc3ncnc(N4CCC(Oc5ccccc5OC(F)(F)F)CC4)n3)c2C)cccc1Nc1ncnc(N2CCC(Oc3ccc(F)cc3F)CC2)n1. The van der Waals surface area contributed by atoms with Gasteiger partial charge in [-0.05, 0) is 73.5 Å². The van der Waals surface area contributed by atoms with Gasteiger partial charge in [-0.15, -0.1) is 13.2 Å². The van der Waals surface area contributed by atoms with Crippen LogP contribution in [0.15, 0.2) is 91.5 Å². The van der Waals surface area contributed by atoms with Gasteiger partial charge in [-0.1, -0.05) is 24.3 Å². The molecule has 22 heteroatoms. The lowest BCUT2D eigenvalue weighted by Gasteiger charge is -2.32. The van der Waals surface area contributed by atoms with E-state index >= 15 is 0 Å². The number of piperidine rings is 2. The maximum Gasteiger partial charge on any atom is 0.573 e. The molecule has 2 fully saturated rings. The fourth-order valence-corrected chi connectivity index (χ4v) is 7.74. The summed E-state index contributed by atoms with van der Waals surface area (Å²) in [6.07, 6.45) is -0.705. The van der Waals surface area contributed by atoms with Gasteiger partial charge in [0.2, 0.25) is 35.6 Å². The molecule has 360 valence electrons. The van der Waals surface area contributed by atoms with Gasteiger partial charge in [-0.2, -0.15) is 9.97 Å². The van der Waals surface area contributed by atoms with Crippen molar-refractivity contribution in [1.29, 1.82) is 0 Å². The minimum Gasteiger partial charge on any atom is -0.487 e. The van der Waals surface area contributed by atoms with E-state index in [0.29, 0.717) is 97.6 Å². The number of halogens is 5. The molecule has 0 radical (unpaired) electrons. The van der Waals surface area contributed by atoms with Crippen molar-refractivity contribution in [3.05, 3.63) is 114 Å². The molecule has 0 spiro atoms. The predicted molar refractivity (Wildman–Crippen MR) is 246 cm³/mol. The Labute approximate surface area is 392 Å². The smallest absolute Gasteiger partial charge is 0.487 e. The average molecular weight is 955 g/mol. The van der Waals surface area contributed by atoms with Crippen molar-refractivity contribution in [3.63, 3.8) is 0 Å². The molecule has 0 unspecified atom stereocenters. The van der Waals surface area contributed by atoms with Crippen LogP contribution in [-0.2, 0) is 9.59 Å². The number of nitrogens with zero attached hydrogens (tertiary/aromatic N) is 8. The van der Waals surface area contributed by atoms with Crippen LogP contribution >= 0.6 is 0 Å². The number of benzene rings is 4. The van der Waals surface area contributed by atoms with Crippen LogP contribution in [-0.4, -0.2) is 86.5 Å². The molecule has 0 atom stereocenters.